The molecule has 3 aromatic rings. The summed E-state index contributed by atoms with van der Waals surface area (Å²) in [5.74, 6) is -0.290. The maximum absolute atomic E-state index is 12.7. The molecule has 0 atom stereocenters. The van der Waals surface area contributed by atoms with Crippen molar-refractivity contribution < 1.29 is 14.4 Å². The van der Waals surface area contributed by atoms with Crippen molar-refractivity contribution in [2.45, 2.75) is 54.0 Å². The molecule has 0 bridgehead atoms. The molecule has 9 nitrogen and oxygen atoms in total. The lowest BCUT2D eigenvalue weighted by atomic mass is 10.1. The Morgan fingerprint density at radius 2 is 1.47 bits per heavy atom. The van der Waals surface area contributed by atoms with E-state index in [4.69, 9.17) is 0 Å². The van der Waals surface area contributed by atoms with Gasteiger partial charge in [0, 0.05) is 49.7 Å². The number of hydrogen-bond acceptors (Lipinski definition) is 5. The fourth-order valence-corrected chi connectivity index (χ4v) is 3.30. The standard InChI is InChI=1S/C24H30N6O3.C3H8/c1-14(2)21(31)22-27-20(13-30(22)6)28-23(32)16-7-9-17(10-8-16)26-24(33)19-11-18(12-29(19)5)25-15(3)4;1-3-2/h7-15,25H,1-6H3,(H,26,33)(H,28,32);3H2,1-2H3. The zero-order chi connectivity index (χ0) is 27.0. The van der Waals surface area contributed by atoms with Gasteiger partial charge in [-0.25, -0.2) is 4.98 Å². The molecule has 36 heavy (non-hydrogen) atoms. The van der Waals surface area contributed by atoms with E-state index in [0.717, 1.165) is 5.69 Å². The predicted octanol–water partition coefficient (Wildman–Crippen LogP) is 5.34. The molecule has 0 unspecified atom stereocenters. The molecular weight excluding hydrogens is 456 g/mol. The van der Waals surface area contributed by atoms with Crippen LogP contribution in [0.4, 0.5) is 17.2 Å². The second-order valence-electron chi connectivity index (χ2n) is 9.30. The lowest BCUT2D eigenvalue weighted by molar-refractivity contribution is 0.0924. The van der Waals surface area contributed by atoms with Gasteiger partial charge < -0.3 is 25.1 Å². The number of ketones is 1. The minimum absolute atomic E-state index is 0.0941. The number of nitrogens with one attached hydrogen (secondary N) is 3. The number of nitrogens with zero attached hydrogens (tertiary/aromatic N) is 3. The number of benzene rings is 1. The number of Topliss-reactive ketones (excluding diaryl/α,β-unsaturated/α-hetero) is 1. The van der Waals surface area contributed by atoms with Gasteiger partial charge in [-0.15, -0.1) is 0 Å². The van der Waals surface area contributed by atoms with Crippen LogP contribution in [0.5, 0.6) is 0 Å². The average Bonchev–Trinajstić information content (AvgIpc) is 3.35. The molecular formula is C27H38N6O3. The highest BCUT2D eigenvalue weighted by Gasteiger charge is 2.18. The van der Waals surface area contributed by atoms with Crippen LogP contribution in [0.15, 0.2) is 42.7 Å². The normalized spacial score (nSPS) is 10.6. The van der Waals surface area contributed by atoms with Crippen molar-refractivity contribution in [1.29, 1.82) is 0 Å². The lowest BCUT2D eigenvalue weighted by Gasteiger charge is -2.07. The first kappa shape index (κ1) is 28.4. The molecule has 0 saturated heterocycles. The van der Waals surface area contributed by atoms with E-state index in [0.29, 0.717) is 28.6 Å². The van der Waals surface area contributed by atoms with E-state index in [1.165, 1.54) is 6.42 Å². The highest BCUT2D eigenvalue weighted by Crippen LogP contribution is 2.18. The molecule has 0 aliphatic rings. The largest absolute Gasteiger partial charge is 0.382 e. The first-order chi connectivity index (χ1) is 17.0. The molecule has 0 radical (unpaired) electrons. The first-order valence-electron chi connectivity index (χ1n) is 12.2. The molecule has 2 aromatic heterocycles. The number of carbonyl (C=O) groups excluding carboxylic acids is 3. The third kappa shape index (κ3) is 7.56. The lowest BCUT2D eigenvalue weighted by Crippen LogP contribution is -2.16. The van der Waals surface area contributed by atoms with Crippen LogP contribution in [-0.2, 0) is 14.1 Å². The molecule has 0 spiro atoms. The average molecular weight is 495 g/mol. The van der Waals surface area contributed by atoms with Crippen molar-refractivity contribution >= 4 is 34.8 Å². The summed E-state index contributed by atoms with van der Waals surface area (Å²) in [6.45, 7) is 11.9. The van der Waals surface area contributed by atoms with Gasteiger partial charge in [0.05, 0.1) is 5.69 Å². The number of aryl methyl sites for hydroxylation is 2. The Kier molecular flexibility index (Phi) is 10.0. The number of amides is 2. The molecule has 2 heterocycles. The van der Waals surface area contributed by atoms with Crippen molar-refractivity contribution in [1.82, 2.24) is 14.1 Å². The van der Waals surface area contributed by atoms with Gasteiger partial charge in [-0.05, 0) is 44.2 Å². The van der Waals surface area contributed by atoms with Crippen LogP contribution in [0.25, 0.3) is 0 Å². The van der Waals surface area contributed by atoms with Crippen LogP contribution in [0.2, 0.25) is 0 Å². The van der Waals surface area contributed by atoms with E-state index in [-0.39, 0.29) is 29.6 Å². The summed E-state index contributed by atoms with van der Waals surface area (Å²) in [6, 6.07) is 8.61. The van der Waals surface area contributed by atoms with Crippen LogP contribution >= 0.6 is 0 Å². The Hall–Kier alpha value is -3.88. The van der Waals surface area contributed by atoms with E-state index in [9.17, 15) is 14.4 Å². The van der Waals surface area contributed by atoms with Crippen LogP contribution in [-0.4, -0.2) is 37.8 Å². The van der Waals surface area contributed by atoms with Gasteiger partial charge in [-0.1, -0.05) is 34.1 Å². The summed E-state index contributed by atoms with van der Waals surface area (Å²) in [7, 11) is 3.52. The van der Waals surface area contributed by atoms with E-state index < -0.39 is 0 Å². The molecule has 0 fully saturated rings. The Labute approximate surface area is 213 Å². The molecule has 0 aliphatic carbocycles. The van der Waals surface area contributed by atoms with E-state index >= 15 is 0 Å². The number of anilines is 3. The quantitative estimate of drug-likeness (QED) is 0.366. The number of imidazole rings is 1. The summed E-state index contributed by atoms with van der Waals surface area (Å²) < 4.78 is 3.36. The second kappa shape index (κ2) is 12.7. The van der Waals surface area contributed by atoms with Gasteiger partial charge in [0.15, 0.2) is 11.6 Å². The molecule has 0 aliphatic heterocycles. The number of hydrogen-bond donors (Lipinski definition) is 3. The van der Waals surface area contributed by atoms with Crippen molar-refractivity contribution in [2.75, 3.05) is 16.0 Å². The van der Waals surface area contributed by atoms with Gasteiger partial charge in [0.1, 0.15) is 5.69 Å². The van der Waals surface area contributed by atoms with E-state index in [1.807, 2.05) is 27.1 Å². The Bertz CT molecular complexity index is 1190. The Morgan fingerprint density at radius 3 is 2.03 bits per heavy atom. The summed E-state index contributed by atoms with van der Waals surface area (Å²) >= 11 is 0. The summed E-state index contributed by atoms with van der Waals surface area (Å²) in [6.07, 6.45) is 4.71. The zero-order valence-corrected chi connectivity index (χ0v) is 22.5. The summed E-state index contributed by atoms with van der Waals surface area (Å²) in [4.78, 5) is 41.7. The molecule has 3 N–H and O–H groups in total. The molecule has 3 rings (SSSR count). The minimum atomic E-state index is -0.360. The fraction of sp³-hybridized carbons (Fsp3) is 0.407. The van der Waals surface area contributed by atoms with Crippen molar-refractivity contribution in [3.63, 3.8) is 0 Å². The zero-order valence-electron chi connectivity index (χ0n) is 22.5. The number of aromatic nitrogens is 3. The maximum atomic E-state index is 12.7. The van der Waals surface area contributed by atoms with Crippen molar-refractivity contribution in [2.24, 2.45) is 20.0 Å². The molecule has 194 valence electrons. The highest BCUT2D eigenvalue weighted by atomic mass is 16.2. The van der Waals surface area contributed by atoms with Crippen LogP contribution in [0, 0.1) is 5.92 Å². The fourth-order valence-electron chi connectivity index (χ4n) is 3.30. The van der Waals surface area contributed by atoms with E-state index in [1.54, 1.807) is 66.6 Å². The van der Waals surface area contributed by atoms with Gasteiger partial charge in [0.25, 0.3) is 11.8 Å². The van der Waals surface area contributed by atoms with Gasteiger partial charge >= 0.3 is 0 Å². The van der Waals surface area contributed by atoms with Crippen LogP contribution < -0.4 is 16.0 Å². The molecule has 0 saturated carbocycles. The summed E-state index contributed by atoms with van der Waals surface area (Å²) in [5, 5.41) is 8.82. The predicted molar refractivity (Wildman–Crippen MR) is 145 cm³/mol. The third-order valence-electron chi connectivity index (χ3n) is 4.96. The number of carbonyl (C=O) groups is 3. The van der Waals surface area contributed by atoms with Gasteiger partial charge in [-0.2, -0.15) is 0 Å². The van der Waals surface area contributed by atoms with E-state index in [2.05, 4.69) is 34.8 Å². The number of rotatable bonds is 8. The minimum Gasteiger partial charge on any atom is -0.382 e. The van der Waals surface area contributed by atoms with Crippen LogP contribution in [0.1, 0.15) is 79.4 Å². The monoisotopic (exact) mass is 494 g/mol. The van der Waals surface area contributed by atoms with Crippen molar-refractivity contribution in [3.05, 3.63) is 59.8 Å². The van der Waals surface area contributed by atoms with Gasteiger partial charge in [-0.3, -0.25) is 14.4 Å². The molecule has 9 heteroatoms. The summed E-state index contributed by atoms with van der Waals surface area (Å²) in [5.41, 5.74) is 2.36. The van der Waals surface area contributed by atoms with Crippen molar-refractivity contribution in [3.8, 4) is 0 Å². The highest BCUT2D eigenvalue weighted by molar-refractivity contribution is 6.06. The molecule has 2 amide bonds. The SMILES string of the molecule is CC(C)Nc1cc(C(=O)Nc2ccc(C(=O)Nc3cn(C)c(C(=O)C(C)C)n3)cc2)n(C)c1.CCC. The Morgan fingerprint density at radius 1 is 0.861 bits per heavy atom. The second-order valence-corrected chi connectivity index (χ2v) is 9.30. The smallest absolute Gasteiger partial charge is 0.272 e. The topological polar surface area (TPSA) is 110 Å². The van der Waals surface area contributed by atoms with Gasteiger partial charge in [0.2, 0.25) is 5.78 Å². The molecule has 1 aromatic carbocycles. The first-order valence-corrected chi connectivity index (χ1v) is 12.2. The maximum Gasteiger partial charge on any atom is 0.272 e. The van der Waals surface area contributed by atoms with Crippen LogP contribution in [0.3, 0.4) is 0 Å². The Balaban J connectivity index is 0.00000145. The third-order valence-corrected chi connectivity index (χ3v) is 4.96.